The van der Waals surface area contributed by atoms with E-state index in [-0.39, 0.29) is 6.92 Å². The van der Waals surface area contributed by atoms with Crippen LogP contribution in [0.2, 0.25) is 0 Å². The number of fused-ring (bicyclic) bond motifs is 7. The molecule has 3 heterocycles. The van der Waals surface area contributed by atoms with E-state index in [0.717, 1.165) is 56.1 Å². The minimum atomic E-state index is -2.76. The maximum Gasteiger partial charge on any atom is 0.434 e. The van der Waals surface area contributed by atoms with Gasteiger partial charge in [0.2, 0.25) is 0 Å². The van der Waals surface area contributed by atoms with Crippen LogP contribution < -0.4 is 41.1 Å². The second-order valence-corrected chi connectivity index (χ2v) is 19.4. The molecule has 12 rings (SSSR count). The molecular weight excluding hydrogens is 733 g/mol. The Morgan fingerprint density at radius 2 is 0.983 bits per heavy atom. The molecule has 59 heavy (non-hydrogen) atoms. The Kier molecular flexibility index (Phi) is 7.65. The van der Waals surface area contributed by atoms with Gasteiger partial charge in [0.25, 0.3) is 0 Å². The van der Waals surface area contributed by atoms with Gasteiger partial charge in [-0.1, -0.05) is 176 Å². The molecule has 0 N–H and O–H groups in total. The number of hydrogen-bond donors (Lipinski definition) is 0. The van der Waals surface area contributed by atoms with Crippen molar-refractivity contribution >= 4 is 68.5 Å². The molecule has 0 radical (unpaired) electrons. The first-order valence-electron chi connectivity index (χ1n) is 20.3. The van der Waals surface area contributed by atoms with Gasteiger partial charge in [0.05, 0.1) is 11.0 Å². The monoisotopic (exact) mass is 769 g/mol. The average Bonchev–Trinajstić information content (AvgIpc) is 3.65. The Bertz CT molecular complexity index is 3090. The van der Waals surface area contributed by atoms with Gasteiger partial charge in [-0.2, -0.15) is 0 Å². The molecule has 0 aliphatic carbocycles. The third-order valence-electron chi connectivity index (χ3n) is 12.4. The highest BCUT2D eigenvalue weighted by atomic mass is 28.3. The van der Waals surface area contributed by atoms with Gasteiger partial charge in [-0.15, -0.1) is 0 Å². The maximum absolute atomic E-state index is 7.24. The van der Waals surface area contributed by atoms with Gasteiger partial charge in [0.1, 0.15) is 17.2 Å². The number of nitrogens with zero attached hydrogens (tertiary/aromatic N) is 1. The van der Waals surface area contributed by atoms with Crippen molar-refractivity contribution in [3.63, 3.8) is 0 Å². The fraction of sp³-hybridized carbons (Fsp3) is 0. The summed E-state index contributed by atoms with van der Waals surface area (Å²) in [4.78, 5) is 0. The van der Waals surface area contributed by atoms with Crippen molar-refractivity contribution in [2.24, 2.45) is 0 Å². The standard InChI is InChI=1S/C54H36BNO2Si/c1-4-18-40(19-5-1)59(41-20-6-2-7-21-41,42-22-8-3-9-23-42)43-31-32-46-47-26-15-29-51-54(47)55(58-52(46)36-43)48-33-30-38(35-53(48)57-51)37-16-14-17-39(34-37)56-49-27-12-10-24-44(49)45-25-11-13-28-50(45)56/h1-36H. The molecule has 5 heteroatoms. The lowest BCUT2D eigenvalue weighted by atomic mass is 9.51. The Morgan fingerprint density at radius 1 is 0.390 bits per heavy atom. The van der Waals surface area contributed by atoms with Crippen LogP contribution in [0.15, 0.2) is 218 Å². The molecule has 0 fully saturated rings. The van der Waals surface area contributed by atoms with Gasteiger partial charge in [-0.05, 0) is 79.9 Å². The van der Waals surface area contributed by atoms with Crippen LogP contribution in [0.3, 0.4) is 0 Å². The van der Waals surface area contributed by atoms with Crippen molar-refractivity contribution in [2.45, 2.75) is 0 Å². The van der Waals surface area contributed by atoms with E-state index in [0.29, 0.717) is 0 Å². The molecule has 0 unspecified atom stereocenters. The summed E-state index contributed by atoms with van der Waals surface area (Å²) in [6.45, 7) is -0.313. The number of para-hydroxylation sites is 2. The normalized spacial score (nSPS) is 12.6. The predicted molar refractivity (Wildman–Crippen MR) is 247 cm³/mol. The van der Waals surface area contributed by atoms with Crippen molar-refractivity contribution < 1.29 is 9.39 Å². The van der Waals surface area contributed by atoms with Gasteiger partial charge >= 0.3 is 6.92 Å². The molecule has 276 valence electrons. The minimum Gasteiger partial charge on any atom is -0.551 e. The molecule has 0 atom stereocenters. The van der Waals surface area contributed by atoms with Crippen molar-refractivity contribution in [1.29, 1.82) is 0 Å². The highest BCUT2D eigenvalue weighted by Gasteiger charge is 2.44. The molecule has 2 aliphatic rings. The summed E-state index contributed by atoms with van der Waals surface area (Å²) in [5.41, 5.74) is 10.1. The molecule has 1 aromatic heterocycles. The van der Waals surface area contributed by atoms with Crippen LogP contribution in [0.4, 0.5) is 0 Å². The molecule has 0 saturated carbocycles. The third-order valence-corrected chi connectivity index (χ3v) is 17.2. The summed E-state index contributed by atoms with van der Waals surface area (Å²) in [6, 6.07) is 79.3. The summed E-state index contributed by atoms with van der Waals surface area (Å²) in [5, 5.41) is 7.79. The smallest absolute Gasteiger partial charge is 0.434 e. The Labute approximate surface area is 344 Å². The summed E-state index contributed by atoms with van der Waals surface area (Å²) < 4.78 is 16.4. The largest absolute Gasteiger partial charge is 0.551 e. The highest BCUT2D eigenvalue weighted by molar-refractivity contribution is 7.20. The Balaban J connectivity index is 0.976. The van der Waals surface area contributed by atoms with Gasteiger partial charge in [-0.3, -0.25) is 0 Å². The van der Waals surface area contributed by atoms with E-state index in [9.17, 15) is 0 Å². The number of benzene rings is 9. The SMILES string of the molecule is c1ccc([Si](c2ccccc2)(c2ccccc2)c2ccc3c(c2)OB2c4ccc(-c5cccc(-n6c7ccccc7c7ccccc76)c5)cc4Oc4cccc-3c42)cc1. The van der Waals surface area contributed by atoms with E-state index in [1.807, 2.05) is 0 Å². The Morgan fingerprint density at radius 3 is 1.64 bits per heavy atom. The van der Waals surface area contributed by atoms with Crippen molar-refractivity contribution in [3.8, 4) is 45.2 Å². The second-order valence-electron chi connectivity index (χ2n) is 15.5. The zero-order valence-electron chi connectivity index (χ0n) is 32.1. The minimum absolute atomic E-state index is 0.313. The van der Waals surface area contributed by atoms with Crippen molar-refractivity contribution in [2.75, 3.05) is 0 Å². The van der Waals surface area contributed by atoms with Crippen molar-refractivity contribution in [3.05, 3.63) is 218 Å². The number of rotatable bonds is 6. The quantitative estimate of drug-likeness (QED) is 0.125. The van der Waals surface area contributed by atoms with Crippen LogP contribution in [0.1, 0.15) is 0 Å². The fourth-order valence-corrected chi connectivity index (χ4v) is 14.6. The molecule has 9 aromatic carbocycles. The van der Waals surface area contributed by atoms with E-state index in [4.69, 9.17) is 9.39 Å². The lowest BCUT2D eigenvalue weighted by Crippen LogP contribution is -2.74. The van der Waals surface area contributed by atoms with Gasteiger partial charge in [0.15, 0.2) is 8.07 Å². The van der Waals surface area contributed by atoms with Gasteiger partial charge in [0, 0.05) is 32.9 Å². The topological polar surface area (TPSA) is 23.4 Å². The summed E-state index contributed by atoms with van der Waals surface area (Å²) in [7, 11) is -2.76. The molecule has 0 saturated heterocycles. The van der Waals surface area contributed by atoms with Crippen LogP contribution in [-0.2, 0) is 0 Å². The summed E-state index contributed by atoms with van der Waals surface area (Å²) >= 11 is 0. The van der Waals surface area contributed by atoms with Crippen molar-refractivity contribution in [1.82, 2.24) is 4.57 Å². The molecule has 0 spiro atoms. The fourth-order valence-electron chi connectivity index (χ4n) is 9.85. The highest BCUT2D eigenvalue weighted by Crippen LogP contribution is 2.40. The molecule has 0 amide bonds. The molecule has 2 aliphatic heterocycles. The van der Waals surface area contributed by atoms with Crippen LogP contribution >= 0.6 is 0 Å². The molecule has 0 bridgehead atoms. The lowest BCUT2D eigenvalue weighted by Gasteiger charge is -2.36. The van der Waals surface area contributed by atoms with Crippen LogP contribution in [0.25, 0.3) is 49.7 Å². The van der Waals surface area contributed by atoms with E-state index in [1.165, 1.54) is 42.6 Å². The first kappa shape index (κ1) is 33.8. The van der Waals surface area contributed by atoms with Crippen LogP contribution in [0, 0.1) is 0 Å². The zero-order valence-corrected chi connectivity index (χ0v) is 33.1. The first-order chi connectivity index (χ1) is 29.3. The predicted octanol–water partition coefficient (Wildman–Crippen LogP) is 9.10. The van der Waals surface area contributed by atoms with Crippen LogP contribution in [-0.4, -0.2) is 19.6 Å². The number of ether oxygens (including phenoxy) is 1. The summed E-state index contributed by atoms with van der Waals surface area (Å²) in [5.74, 6) is 2.56. The van der Waals surface area contributed by atoms with E-state index < -0.39 is 8.07 Å². The average molecular weight is 770 g/mol. The Hall–Kier alpha value is -7.34. The number of aromatic nitrogens is 1. The molecular formula is C54H36BNO2Si. The van der Waals surface area contributed by atoms with Gasteiger partial charge < -0.3 is 14.0 Å². The second kappa shape index (κ2) is 13.4. The van der Waals surface area contributed by atoms with E-state index in [2.05, 4.69) is 223 Å². The van der Waals surface area contributed by atoms with Crippen LogP contribution in [0.5, 0.6) is 17.2 Å². The molecule has 3 nitrogen and oxygen atoms in total. The molecule has 10 aromatic rings. The van der Waals surface area contributed by atoms with E-state index >= 15 is 0 Å². The van der Waals surface area contributed by atoms with Gasteiger partial charge in [-0.25, -0.2) is 0 Å². The first-order valence-corrected chi connectivity index (χ1v) is 22.3. The zero-order chi connectivity index (χ0) is 38.9. The summed E-state index contributed by atoms with van der Waals surface area (Å²) in [6.07, 6.45) is 0. The third kappa shape index (κ3) is 5.15. The number of hydrogen-bond acceptors (Lipinski definition) is 2. The maximum atomic E-state index is 7.24. The lowest BCUT2D eigenvalue weighted by molar-refractivity contribution is 0.479. The van der Waals surface area contributed by atoms with E-state index in [1.54, 1.807) is 0 Å².